The lowest BCUT2D eigenvalue weighted by atomic mass is 10.1. The molecule has 1 fully saturated rings. The number of nitrogens with two attached hydrogens (primary N) is 1. The number of carbonyl (C=O) groups excluding carboxylic acids is 1. The quantitative estimate of drug-likeness (QED) is 0.148. The smallest absolute Gasteiger partial charge is 0.354 e. The summed E-state index contributed by atoms with van der Waals surface area (Å²) < 4.78 is 7.58. The molecule has 4 rings (SSSR count). The van der Waals surface area contributed by atoms with Crippen LogP contribution in [-0.4, -0.2) is 95.7 Å². The minimum atomic E-state index is -0.423. The molecule has 0 saturated carbocycles. The van der Waals surface area contributed by atoms with Crippen molar-refractivity contribution < 1.29 is 9.53 Å². The molecular weight excluding hydrogens is 474 g/mol. The normalized spacial score (nSPS) is 14.5. The van der Waals surface area contributed by atoms with Crippen molar-refractivity contribution in [3.8, 4) is 11.4 Å². The van der Waals surface area contributed by atoms with Crippen LogP contribution in [0.2, 0.25) is 0 Å². The van der Waals surface area contributed by atoms with Crippen LogP contribution in [0.25, 0.3) is 16.7 Å². The first kappa shape index (κ1) is 26.2. The van der Waals surface area contributed by atoms with E-state index in [-0.39, 0.29) is 11.9 Å². The maximum Gasteiger partial charge on any atom is 0.354 e. The van der Waals surface area contributed by atoms with E-state index in [2.05, 4.69) is 37.4 Å². The highest BCUT2D eigenvalue weighted by Crippen LogP contribution is 2.23. The van der Waals surface area contributed by atoms with E-state index in [0.29, 0.717) is 48.8 Å². The number of ether oxygens (including phenoxy) is 1. The predicted octanol–water partition coefficient (Wildman–Crippen LogP) is 0.251. The largest absolute Gasteiger partial charge is 0.491 e. The molecule has 12 heteroatoms. The monoisotopic (exact) mass is 509 g/mol. The van der Waals surface area contributed by atoms with Gasteiger partial charge in [0.05, 0.1) is 11.3 Å². The summed E-state index contributed by atoms with van der Waals surface area (Å²) >= 11 is 0. The average Bonchev–Trinajstić information content (AvgIpc) is 3.22. The van der Waals surface area contributed by atoms with Crippen LogP contribution in [0.3, 0.4) is 0 Å². The Kier molecular flexibility index (Phi) is 8.41. The fraction of sp³-hybridized carbons (Fsp3) is 0.440. The Labute approximate surface area is 215 Å². The summed E-state index contributed by atoms with van der Waals surface area (Å²) in [5.41, 5.74) is 7.28. The number of guanidine groups is 1. The maximum atomic E-state index is 13.0. The first-order chi connectivity index (χ1) is 17.8. The van der Waals surface area contributed by atoms with Gasteiger partial charge in [0.15, 0.2) is 5.96 Å². The molecule has 6 N–H and O–H groups in total. The molecule has 0 aliphatic carbocycles. The van der Waals surface area contributed by atoms with E-state index in [9.17, 15) is 9.59 Å². The van der Waals surface area contributed by atoms with Crippen LogP contribution >= 0.6 is 0 Å². The molecular formula is C25H35N9O3. The van der Waals surface area contributed by atoms with Crippen LogP contribution in [-0.2, 0) is 0 Å². The number of piperazine rings is 1. The highest BCUT2D eigenvalue weighted by Gasteiger charge is 2.17. The highest BCUT2D eigenvalue weighted by molar-refractivity contribution is 5.97. The van der Waals surface area contributed by atoms with E-state index in [1.165, 1.54) is 4.57 Å². The number of amides is 1. The number of rotatable bonds is 10. The third-order valence-corrected chi connectivity index (χ3v) is 6.35. The number of hydrogen-bond donors (Lipinski definition) is 5. The Balaban J connectivity index is 1.52. The van der Waals surface area contributed by atoms with Crippen molar-refractivity contribution in [2.24, 2.45) is 5.73 Å². The van der Waals surface area contributed by atoms with Crippen LogP contribution in [0, 0.1) is 12.3 Å². The third-order valence-electron chi connectivity index (χ3n) is 6.35. The van der Waals surface area contributed by atoms with E-state index < -0.39 is 5.69 Å². The van der Waals surface area contributed by atoms with Gasteiger partial charge in [-0.25, -0.2) is 4.79 Å². The second-order valence-corrected chi connectivity index (χ2v) is 9.27. The molecule has 0 bridgehead atoms. The van der Waals surface area contributed by atoms with Gasteiger partial charge in [0.2, 0.25) is 0 Å². The molecule has 1 amide bonds. The number of aryl methyl sites for hydroxylation is 1. The fourth-order valence-corrected chi connectivity index (χ4v) is 4.25. The van der Waals surface area contributed by atoms with Crippen molar-refractivity contribution in [2.45, 2.75) is 13.3 Å². The molecule has 37 heavy (non-hydrogen) atoms. The van der Waals surface area contributed by atoms with Gasteiger partial charge in [0, 0.05) is 69.2 Å². The minimum absolute atomic E-state index is 0.101. The Hall–Kier alpha value is -3.90. The van der Waals surface area contributed by atoms with E-state index in [1.807, 2.05) is 13.0 Å². The zero-order chi connectivity index (χ0) is 26.4. The number of hydrogen-bond acceptors (Lipinski definition) is 7. The highest BCUT2D eigenvalue weighted by atomic mass is 16.5. The Bertz CT molecular complexity index is 1310. The van der Waals surface area contributed by atoms with Crippen LogP contribution < -0.4 is 26.8 Å². The zero-order valence-corrected chi connectivity index (χ0v) is 21.3. The number of carbonyl (C=O) groups is 1. The van der Waals surface area contributed by atoms with Crippen molar-refractivity contribution in [3.63, 3.8) is 0 Å². The number of aromatic amines is 1. The van der Waals surface area contributed by atoms with Crippen LogP contribution in [0.4, 0.5) is 0 Å². The Morgan fingerprint density at radius 2 is 1.95 bits per heavy atom. The summed E-state index contributed by atoms with van der Waals surface area (Å²) in [6, 6.07) is 7.02. The Morgan fingerprint density at radius 3 is 2.70 bits per heavy atom. The maximum absolute atomic E-state index is 13.0. The summed E-state index contributed by atoms with van der Waals surface area (Å²) in [6.07, 6.45) is 2.35. The van der Waals surface area contributed by atoms with Gasteiger partial charge in [-0.15, -0.1) is 0 Å². The lowest BCUT2D eigenvalue weighted by Crippen LogP contribution is -2.45. The van der Waals surface area contributed by atoms with Crippen molar-refractivity contribution in [3.05, 3.63) is 52.2 Å². The molecule has 0 spiro atoms. The van der Waals surface area contributed by atoms with Crippen LogP contribution in [0.15, 0.2) is 35.3 Å². The van der Waals surface area contributed by atoms with Crippen LogP contribution in [0.1, 0.15) is 22.5 Å². The summed E-state index contributed by atoms with van der Waals surface area (Å²) in [5, 5.41) is 13.6. The summed E-state index contributed by atoms with van der Waals surface area (Å²) in [4.78, 5) is 37.6. The van der Waals surface area contributed by atoms with Crippen LogP contribution in [0.5, 0.6) is 5.75 Å². The molecule has 0 atom stereocenters. The molecule has 0 unspecified atom stereocenters. The number of likely N-dealkylation sites (N-methyl/N-ethyl adjacent to an activating group) is 1. The van der Waals surface area contributed by atoms with Crippen molar-refractivity contribution in [2.75, 3.05) is 59.5 Å². The van der Waals surface area contributed by atoms with Gasteiger partial charge in [-0.2, -0.15) is 4.98 Å². The molecule has 1 aliphatic heterocycles. The summed E-state index contributed by atoms with van der Waals surface area (Å²) in [7, 11) is 2.11. The first-order valence-electron chi connectivity index (χ1n) is 12.4. The topological polar surface area (TPSA) is 157 Å². The standard InChI is InChI=1S/C25H35N9O3/c1-17-14-18-16-34(25(36)31-22(18)30-17)19-4-5-20(23(35)28-6-3-7-29-24(26)27)21(15-19)37-13-12-33-10-8-32(2)9-11-33/h4-5,14-16H,3,6-13H2,1-2H3,(H,28,35)(H4,26,27,29)(H,30,31,36). The molecule has 1 aromatic carbocycles. The first-order valence-corrected chi connectivity index (χ1v) is 12.4. The summed E-state index contributed by atoms with van der Waals surface area (Å²) in [5.74, 6) is 0.0325. The SMILES string of the molecule is Cc1cc2cn(-c3ccc(C(=O)NCCCNC(=N)N)c(OCCN4CCN(C)CC4)c3)c(=O)nc2[nH]1. The van der Waals surface area contributed by atoms with E-state index in [4.69, 9.17) is 15.9 Å². The molecule has 1 aliphatic rings. The van der Waals surface area contributed by atoms with Gasteiger partial charge in [0.1, 0.15) is 18.0 Å². The second-order valence-electron chi connectivity index (χ2n) is 9.27. The van der Waals surface area contributed by atoms with Crippen molar-refractivity contribution in [1.82, 2.24) is 35.0 Å². The van der Waals surface area contributed by atoms with Gasteiger partial charge in [-0.1, -0.05) is 0 Å². The van der Waals surface area contributed by atoms with E-state index >= 15 is 0 Å². The molecule has 1 saturated heterocycles. The third kappa shape index (κ3) is 6.86. The molecule has 198 valence electrons. The molecule has 2 aromatic heterocycles. The molecule has 3 aromatic rings. The Morgan fingerprint density at radius 1 is 1.19 bits per heavy atom. The second kappa shape index (κ2) is 11.9. The fourth-order valence-electron chi connectivity index (χ4n) is 4.25. The molecule has 3 heterocycles. The number of nitrogens with zero attached hydrogens (tertiary/aromatic N) is 4. The van der Waals surface area contributed by atoms with Gasteiger partial charge < -0.3 is 31.0 Å². The van der Waals surface area contributed by atoms with Crippen molar-refractivity contribution >= 4 is 22.9 Å². The molecule has 12 nitrogen and oxygen atoms in total. The van der Waals surface area contributed by atoms with E-state index in [0.717, 1.165) is 43.8 Å². The minimum Gasteiger partial charge on any atom is -0.491 e. The lowest BCUT2D eigenvalue weighted by Gasteiger charge is -2.32. The average molecular weight is 510 g/mol. The number of benzene rings is 1. The molecule has 0 radical (unpaired) electrons. The van der Waals surface area contributed by atoms with Gasteiger partial charge >= 0.3 is 5.69 Å². The van der Waals surface area contributed by atoms with Gasteiger partial charge in [-0.05, 0) is 38.6 Å². The van der Waals surface area contributed by atoms with Gasteiger partial charge in [-0.3, -0.25) is 19.7 Å². The number of fused-ring (bicyclic) bond motifs is 1. The lowest BCUT2D eigenvalue weighted by molar-refractivity contribution is 0.0947. The van der Waals surface area contributed by atoms with Gasteiger partial charge in [0.25, 0.3) is 5.91 Å². The number of nitrogens with one attached hydrogen (secondary N) is 4. The zero-order valence-electron chi connectivity index (χ0n) is 21.3. The predicted molar refractivity (Wildman–Crippen MR) is 143 cm³/mol. The summed E-state index contributed by atoms with van der Waals surface area (Å²) in [6.45, 7) is 7.93. The van der Waals surface area contributed by atoms with E-state index in [1.54, 1.807) is 24.4 Å². The number of aromatic nitrogens is 3. The number of H-pyrrole nitrogens is 1. The van der Waals surface area contributed by atoms with Crippen molar-refractivity contribution in [1.29, 1.82) is 5.41 Å².